The molecule has 3 aromatic rings. The lowest BCUT2D eigenvalue weighted by Gasteiger charge is -2.36. The number of carbonyl (C=O) groups is 1. The van der Waals surface area contributed by atoms with Crippen molar-refractivity contribution in [1.82, 2.24) is 0 Å². The summed E-state index contributed by atoms with van der Waals surface area (Å²) >= 11 is 0. The first-order valence-electron chi connectivity index (χ1n) is 15.1. The molecule has 2 heterocycles. The molecule has 0 aromatic heterocycles. The fourth-order valence-corrected chi connectivity index (χ4v) is 5.44. The molecule has 5 rings (SSSR count). The lowest BCUT2D eigenvalue weighted by Crippen LogP contribution is -2.35. The van der Waals surface area contributed by atoms with E-state index in [1.54, 1.807) is 0 Å². The van der Waals surface area contributed by atoms with Gasteiger partial charge in [-0.1, -0.05) is 45.7 Å². The molecule has 0 spiro atoms. The number of esters is 1. The van der Waals surface area contributed by atoms with Crippen LogP contribution < -0.4 is 28.4 Å². The number of ether oxygens (including phenoxy) is 6. The summed E-state index contributed by atoms with van der Waals surface area (Å²) in [6.07, 6.45) is 4.06. The summed E-state index contributed by atoms with van der Waals surface area (Å²) in [5, 5.41) is 0. The van der Waals surface area contributed by atoms with Gasteiger partial charge in [0.2, 0.25) is 0 Å². The van der Waals surface area contributed by atoms with Crippen LogP contribution in [0.5, 0.6) is 34.5 Å². The summed E-state index contributed by atoms with van der Waals surface area (Å²) < 4.78 is 37.3. The van der Waals surface area contributed by atoms with E-state index in [0.717, 1.165) is 53.7 Å². The molecule has 42 heavy (non-hydrogen) atoms. The van der Waals surface area contributed by atoms with Crippen molar-refractivity contribution in [2.75, 3.05) is 19.8 Å². The van der Waals surface area contributed by atoms with Crippen LogP contribution in [0.2, 0.25) is 0 Å². The van der Waals surface area contributed by atoms with Crippen LogP contribution in [-0.4, -0.2) is 31.9 Å². The highest BCUT2D eigenvalue weighted by Gasteiger charge is 2.39. The predicted molar refractivity (Wildman–Crippen MR) is 163 cm³/mol. The first-order chi connectivity index (χ1) is 20.5. The number of rotatable bonds is 12. The molecule has 1 unspecified atom stereocenters. The second-order valence-electron chi connectivity index (χ2n) is 10.5. The molecule has 0 saturated heterocycles. The Labute approximate surface area is 248 Å². The smallest absolute Gasteiger partial charge is 0.308 e. The Morgan fingerprint density at radius 1 is 0.857 bits per heavy atom. The van der Waals surface area contributed by atoms with Crippen molar-refractivity contribution >= 4 is 17.3 Å². The third kappa shape index (κ3) is 6.06. The van der Waals surface area contributed by atoms with Crippen molar-refractivity contribution in [2.24, 2.45) is 0 Å². The molecule has 222 valence electrons. The van der Waals surface area contributed by atoms with Crippen molar-refractivity contribution in [2.45, 2.75) is 72.8 Å². The highest BCUT2D eigenvalue weighted by atomic mass is 16.6. The first-order valence-corrected chi connectivity index (χ1v) is 15.1. The van der Waals surface area contributed by atoms with Crippen molar-refractivity contribution in [3.05, 3.63) is 70.8 Å². The van der Waals surface area contributed by atoms with Crippen LogP contribution in [0, 0.1) is 0 Å². The van der Waals surface area contributed by atoms with Gasteiger partial charge >= 0.3 is 5.97 Å². The van der Waals surface area contributed by atoms with Crippen LogP contribution in [0.4, 0.5) is 0 Å². The van der Waals surface area contributed by atoms with E-state index in [9.17, 15) is 4.79 Å². The Morgan fingerprint density at radius 2 is 1.62 bits per heavy atom. The van der Waals surface area contributed by atoms with Gasteiger partial charge in [0.25, 0.3) is 0 Å². The Kier molecular flexibility index (Phi) is 9.25. The van der Waals surface area contributed by atoms with Gasteiger partial charge in [0.1, 0.15) is 35.4 Å². The van der Waals surface area contributed by atoms with Crippen LogP contribution in [-0.2, 0) is 17.6 Å². The lowest BCUT2D eigenvalue weighted by atomic mass is 9.89. The maximum atomic E-state index is 11.9. The molecule has 2 aliphatic heterocycles. The number of hydrogen-bond donors (Lipinski definition) is 0. The van der Waals surface area contributed by atoms with E-state index in [1.807, 2.05) is 43.3 Å². The number of benzene rings is 3. The molecule has 0 saturated carbocycles. The summed E-state index contributed by atoms with van der Waals surface area (Å²) in [5.41, 5.74) is 4.62. The minimum Gasteiger partial charge on any atom is -0.490 e. The van der Waals surface area contributed by atoms with E-state index in [2.05, 4.69) is 32.9 Å². The Morgan fingerprint density at radius 3 is 2.31 bits per heavy atom. The predicted octanol–water partition coefficient (Wildman–Crippen LogP) is 7.81. The van der Waals surface area contributed by atoms with Gasteiger partial charge in [0.05, 0.1) is 24.4 Å². The van der Waals surface area contributed by atoms with Crippen LogP contribution in [0.25, 0.3) is 11.3 Å². The van der Waals surface area contributed by atoms with Gasteiger partial charge in [0.15, 0.2) is 17.6 Å². The van der Waals surface area contributed by atoms with E-state index in [4.69, 9.17) is 28.4 Å². The van der Waals surface area contributed by atoms with Gasteiger partial charge < -0.3 is 28.4 Å². The maximum Gasteiger partial charge on any atom is 0.308 e. The summed E-state index contributed by atoms with van der Waals surface area (Å²) in [5.74, 6) is 4.18. The van der Waals surface area contributed by atoms with Gasteiger partial charge in [-0.25, -0.2) is 0 Å². The van der Waals surface area contributed by atoms with Crippen LogP contribution in [0.15, 0.2) is 48.5 Å². The largest absolute Gasteiger partial charge is 0.490 e. The number of carbonyl (C=O) groups excluding carboxylic acids is 1. The summed E-state index contributed by atoms with van der Waals surface area (Å²) in [6, 6.07) is 15.8. The van der Waals surface area contributed by atoms with Gasteiger partial charge in [-0.15, -0.1) is 0 Å². The monoisotopic (exact) mass is 572 g/mol. The molecule has 7 heteroatoms. The zero-order chi connectivity index (χ0) is 29.6. The molecule has 0 N–H and O–H groups in total. The molecule has 3 aromatic carbocycles. The van der Waals surface area contributed by atoms with Crippen molar-refractivity contribution in [3.63, 3.8) is 0 Å². The second kappa shape index (κ2) is 13.2. The van der Waals surface area contributed by atoms with Gasteiger partial charge in [-0.2, -0.15) is 0 Å². The van der Waals surface area contributed by atoms with Crippen LogP contribution >= 0.6 is 0 Å². The Balaban J connectivity index is 1.71. The highest BCUT2D eigenvalue weighted by Crippen LogP contribution is 2.51. The fraction of sp³-hybridized carbons (Fsp3) is 0.400. The number of aryl methyl sites for hydroxylation is 1. The molecular formula is C35H40O7. The van der Waals surface area contributed by atoms with Gasteiger partial charge in [0, 0.05) is 24.1 Å². The summed E-state index contributed by atoms with van der Waals surface area (Å²) in [6.45, 7) is 11.0. The first kappa shape index (κ1) is 29.4. The number of fused-ring (bicyclic) bond motifs is 4. The maximum absolute atomic E-state index is 11.9. The molecule has 0 radical (unpaired) electrons. The van der Waals surface area contributed by atoms with Crippen LogP contribution in [0.3, 0.4) is 0 Å². The van der Waals surface area contributed by atoms with E-state index >= 15 is 0 Å². The molecule has 7 nitrogen and oxygen atoms in total. The van der Waals surface area contributed by atoms with Gasteiger partial charge in [-0.05, 0) is 62.1 Å². The van der Waals surface area contributed by atoms with Crippen molar-refractivity contribution in [1.29, 1.82) is 0 Å². The molecular weight excluding hydrogens is 532 g/mol. The Bertz CT molecular complexity index is 1460. The molecule has 2 aliphatic rings. The SMILES string of the molecule is CCCOc1cc2c(cc1OCC)C1=C(Oc3ccc(CCC)cc3)c3ccc(OC(C)=O)c(CCC)c3OC1CO2. The third-order valence-electron chi connectivity index (χ3n) is 7.21. The van der Waals surface area contributed by atoms with Gasteiger partial charge in [-0.3, -0.25) is 4.79 Å². The third-order valence-corrected chi connectivity index (χ3v) is 7.21. The zero-order valence-electron chi connectivity index (χ0n) is 25.2. The van der Waals surface area contributed by atoms with E-state index in [1.165, 1.54) is 12.5 Å². The normalized spacial score (nSPS) is 15.0. The number of hydrogen-bond acceptors (Lipinski definition) is 7. The minimum absolute atomic E-state index is 0.286. The fourth-order valence-electron chi connectivity index (χ4n) is 5.44. The average Bonchev–Trinajstić information content (AvgIpc) is 2.98. The Hall–Kier alpha value is -4.13. The zero-order valence-corrected chi connectivity index (χ0v) is 25.2. The quantitative estimate of drug-likeness (QED) is 0.162. The summed E-state index contributed by atoms with van der Waals surface area (Å²) in [4.78, 5) is 11.9. The van der Waals surface area contributed by atoms with Crippen LogP contribution in [0.1, 0.15) is 76.1 Å². The summed E-state index contributed by atoms with van der Waals surface area (Å²) in [7, 11) is 0. The van der Waals surface area contributed by atoms with Crippen molar-refractivity contribution in [3.8, 4) is 34.5 Å². The van der Waals surface area contributed by atoms with E-state index in [0.29, 0.717) is 54.1 Å². The second-order valence-corrected chi connectivity index (χ2v) is 10.5. The lowest BCUT2D eigenvalue weighted by molar-refractivity contribution is -0.131. The topological polar surface area (TPSA) is 72.5 Å². The molecule has 0 amide bonds. The minimum atomic E-state index is -0.445. The standard InChI is InChI=1S/C35H40O7/c1-6-10-23-12-14-24(15-13-23)41-35-26-16-17-28(40-22(5)36)25(11-7-2)34(26)42-32-21-39-29-20-31(38-18-8-3)30(37-9-4)19-27(29)33(32)35/h12-17,19-20,32H,6-11,18,21H2,1-5H3. The van der Waals surface area contributed by atoms with E-state index in [-0.39, 0.29) is 12.6 Å². The van der Waals surface area contributed by atoms with E-state index < -0.39 is 6.10 Å². The molecule has 0 bridgehead atoms. The molecule has 0 aliphatic carbocycles. The highest BCUT2D eigenvalue weighted by molar-refractivity contribution is 5.97. The molecule has 0 fully saturated rings. The average molecular weight is 573 g/mol. The molecule has 1 atom stereocenters. The van der Waals surface area contributed by atoms with Crippen molar-refractivity contribution < 1.29 is 33.2 Å².